The first-order chi connectivity index (χ1) is 16.2. The Hall–Kier alpha value is -4.39. The van der Waals surface area contributed by atoms with Crippen LogP contribution in [0.1, 0.15) is 17.7 Å². The van der Waals surface area contributed by atoms with Crippen LogP contribution in [0.15, 0.2) is 100 Å². The second-order valence-electron chi connectivity index (χ2n) is 7.75. The summed E-state index contributed by atoms with van der Waals surface area (Å²) in [6, 6.07) is 26.6. The Balaban J connectivity index is 1.21. The third-order valence-corrected chi connectivity index (χ3v) is 5.35. The Morgan fingerprint density at radius 1 is 0.939 bits per heavy atom. The fraction of sp³-hybridized carbons (Fsp3) is 0.115. The van der Waals surface area contributed by atoms with Gasteiger partial charge in [0.1, 0.15) is 11.5 Å². The summed E-state index contributed by atoms with van der Waals surface area (Å²) in [6.07, 6.45) is 2.51. The zero-order chi connectivity index (χ0) is 22.6. The van der Waals surface area contributed by atoms with Gasteiger partial charge < -0.3 is 9.73 Å². The largest absolute Gasteiger partial charge is 0.461 e. The molecule has 0 fully saturated rings. The van der Waals surface area contributed by atoms with Crippen LogP contribution < -0.4 is 11.0 Å². The molecule has 1 N–H and O–H groups in total. The van der Waals surface area contributed by atoms with Crippen molar-refractivity contribution in [1.29, 1.82) is 0 Å². The van der Waals surface area contributed by atoms with Crippen molar-refractivity contribution in [2.45, 2.75) is 19.4 Å². The normalized spacial score (nSPS) is 11.0. The van der Waals surface area contributed by atoms with Gasteiger partial charge in [0.2, 0.25) is 5.91 Å². The molecule has 0 aliphatic carbocycles. The van der Waals surface area contributed by atoms with E-state index in [4.69, 9.17) is 4.42 Å². The minimum Gasteiger partial charge on any atom is -0.461 e. The molecular weight excluding hydrogens is 416 g/mol. The van der Waals surface area contributed by atoms with Crippen molar-refractivity contribution in [1.82, 2.24) is 14.2 Å². The number of aryl methyl sites for hydroxylation is 1. The van der Waals surface area contributed by atoms with Gasteiger partial charge in [-0.2, -0.15) is 0 Å². The van der Waals surface area contributed by atoms with E-state index in [0.717, 1.165) is 22.6 Å². The molecule has 33 heavy (non-hydrogen) atoms. The molecular formula is C26H22N4O3. The average molecular weight is 438 g/mol. The highest BCUT2D eigenvalue weighted by Crippen LogP contribution is 2.22. The molecule has 164 valence electrons. The fourth-order valence-electron chi connectivity index (χ4n) is 3.72. The van der Waals surface area contributed by atoms with Crippen molar-refractivity contribution < 1.29 is 9.21 Å². The highest BCUT2D eigenvalue weighted by Gasteiger charge is 2.10. The van der Waals surface area contributed by atoms with Gasteiger partial charge in [0.25, 0.3) is 0 Å². The van der Waals surface area contributed by atoms with Gasteiger partial charge in [-0.05, 0) is 42.0 Å². The lowest BCUT2D eigenvalue weighted by atomic mass is 10.2. The van der Waals surface area contributed by atoms with E-state index in [1.165, 1.54) is 9.08 Å². The molecule has 3 aromatic heterocycles. The molecule has 0 atom stereocenters. The molecule has 0 bridgehead atoms. The molecule has 0 aliphatic rings. The number of nitrogens with one attached hydrogen (secondary N) is 1. The van der Waals surface area contributed by atoms with Crippen LogP contribution >= 0.6 is 0 Å². The molecule has 3 heterocycles. The van der Waals surface area contributed by atoms with E-state index in [2.05, 4.69) is 10.4 Å². The van der Waals surface area contributed by atoms with Gasteiger partial charge in [-0.1, -0.05) is 48.5 Å². The summed E-state index contributed by atoms with van der Waals surface area (Å²) in [7, 11) is 0. The molecule has 0 saturated heterocycles. The fourth-order valence-corrected chi connectivity index (χ4v) is 3.72. The van der Waals surface area contributed by atoms with Crippen LogP contribution in [0.2, 0.25) is 0 Å². The first-order valence-electron chi connectivity index (χ1n) is 10.7. The van der Waals surface area contributed by atoms with Crippen LogP contribution in [0.4, 0.5) is 5.69 Å². The summed E-state index contributed by atoms with van der Waals surface area (Å²) in [5.41, 5.74) is 2.96. The molecule has 1 amide bonds. The first-order valence-corrected chi connectivity index (χ1v) is 10.7. The lowest BCUT2D eigenvalue weighted by molar-refractivity contribution is -0.116. The van der Waals surface area contributed by atoms with E-state index in [0.29, 0.717) is 30.7 Å². The van der Waals surface area contributed by atoms with Crippen molar-refractivity contribution in [3.05, 3.63) is 113 Å². The molecule has 5 aromatic rings. The number of aromatic nitrogens is 3. The Morgan fingerprint density at radius 3 is 2.64 bits per heavy atom. The highest BCUT2D eigenvalue weighted by molar-refractivity contribution is 5.90. The van der Waals surface area contributed by atoms with Gasteiger partial charge in [0.05, 0.1) is 6.54 Å². The smallest absolute Gasteiger partial charge is 0.350 e. The van der Waals surface area contributed by atoms with Gasteiger partial charge in [0.15, 0.2) is 5.65 Å². The summed E-state index contributed by atoms with van der Waals surface area (Å²) in [5, 5.41) is 7.28. The SMILES string of the molecule is O=C(CCc1ccc(-c2ccccc2)o1)Nc1cccc(Cn2nc3ccccn3c2=O)c1. The van der Waals surface area contributed by atoms with Crippen molar-refractivity contribution in [2.75, 3.05) is 5.32 Å². The third-order valence-electron chi connectivity index (χ3n) is 5.35. The molecule has 2 aromatic carbocycles. The zero-order valence-electron chi connectivity index (χ0n) is 17.8. The molecule has 0 radical (unpaired) electrons. The molecule has 5 rings (SSSR count). The van der Waals surface area contributed by atoms with Gasteiger partial charge in [-0.25, -0.2) is 9.48 Å². The number of amides is 1. The number of furan rings is 1. The maximum Gasteiger partial charge on any atom is 0.350 e. The Kier molecular flexibility index (Phi) is 5.59. The van der Waals surface area contributed by atoms with E-state index >= 15 is 0 Å². The number of anilines is 1. The van der Waals surface area contributed by atoms with Crippen LogP contribution in [0.25, 0.3) is 17.0 Å². The van der Waals surface area contributed by atoms with Crippen molar-refractivity contribution >= 4 is 17.2 Å². The number of fused-ring (bicyclic) bond motifs is 1. The van der Waals surface area contributed by atoms with Gasteiger partial charge in [0, 0.05) is 30.3 Å². The summed E-state index contributed by atoms with van der Waals surface area (Å²) in [6.45, 7) is 0.318. The van der Waals surface area contributed by atoms with Gasteiger partial charge in [-0.15, -0.1) is 5.10 Å². The minimum absolute atomic E-state index is 0.102. The Labute approximate surface area is 189 Å². The average Bonchev–Trinajstić information content (AvgIpc) is 3.44. The molecule has 7 nitrogen and oxygen atoms in total. The van der Waals surface area contributed by atoms with Crippen LogP contribution in [-0.2, 0) is 17.8 Å². The van der Waals surface area contributed by atoms with Crippen molar-refractivity contribution in [3.63, 3.8) is 0 Å². The van der Waals surface area contributed by atoms with Crippen LogP contribution in [0.3, 0.4) is 0 Å². The molecule has 0 unspecified atom stereocenters. The lowest BCUT2D eigenvalue weighted by Gasteiger charge is -2.07. The summed E-state index contributed by atoms with van der Waals surface area (Å²) in [5.74, 6) is 1.46. The number of carbonyl (C=O) groups is 1. The molecule has 0 spiro atoms. The van der Waals surface area contributed by atoms with Crippen molar-refractivity contribution in [2.24, 2.45) is 0 Å². The number of rotatable bonds is 7. The van der Waals surface area contributed by atoms with E-state index < -0.39 is 0 Å². The van der Waals surface area contributed by atoms with E-state index in [1.807, 2.05) is 72.8 Å². The predicted molar refractivity (Wildman–Crippen MR) is 126 cm³/mol. The van der Waals surface area contributed by atoms with E-state index in [-0.39, 0.29) is 11.6 Å². The quantitative estimate of drug-likeness (QED) is 0.409. The second kappa shape index (κ2) is 9.00. The number of benzene rings is 2. The molecule has 0 saturated carbocycles. The number of hydrogen-bond acceptors (Lipinski definition) is 4. The summed E-state index contributed by atoms with van der Waals surface area (Å²) < 4.78 is 8.79. The van der Waals surface area contributed by atoms with Gasteiger partial charge >= 0.3 is 5.69 Å². The number of hydrogen-bond donors (Lipinski definition) is 1. The van der Waals surface area contributed by atoms with Crippen LogP contribution in [0.5, 0.6) is 0 Å². The number of carbonyl (C=O) groups excluding carboxylic acids is 1. The highest BCUT2D eigenvalue weighted by atomic mass is 16.3. The number of pyridine rings is 1. The predicted octanol–water partition coefficient (Wildman–Crippen LogP) is 4.38. The Morgan fingerprint density at radius 2 is 1.79 bits per heavy atom. The van der Waals surface area contributed by atoms with Crippen LogP contribution in [-0.4, -0.2) is 20.1 Å². The van der Waals surface area contributed by atoms with Crippen molar-refractivity contribution in [3.8, 4) is 11.3 Å². The van der Waals surface area contributed by atoms with E-state index in [1.54, 1.807) is 18.3 Å². The lowest BCUT2D eigenvalue weighted by Crippen LogP contribution is -2.21. The topological polar surface area (TPSA) is 81.5 Å². The van der Waals surface area contributed by atoms with E-state index in [9.17, 15) is 9.59 Å². The molecule has 0 aliphatic heterocycles. The summed E-state index contributed by atoms with van der Waals surface area (Å²) >= 11 is 0. The minimum atomic E-state index is -0.201. The van der Waals surface area contributed by atoms with Gasteiger partial charge in [-0.3, -0.25) is 9.20 Å². The Bertz CT molecular complexity index is 1460. The summed E-state index contributed by atoms with van der Waals surface area (Å²) in [4.78, 5) is 25.0. The standard InChI is InChI=1S/C26H22N4O3/c31-25(15-13-22-12-14-23(33-22)20-8-2-1-3-9-20)27-21-10-6-7-19(17-21)18-30-26(32)29-16-5-4-11-24(29)28-30/h1-12,14,16-17H,13,15,18H2,(H,27,31). The second-order valence-corrected chi connectivity index (χ2v) is 7.75. The monoisotopic (exact) mass is 438 g/mol. The molecule has 7 heteroatoms. The first kappa shape index (κ1) is 20.5. The third kappa shape index (κ3) is 4.62. The van der Waals surface area contributed by atoms with Crippen LogP contribution in [0, 0.1) is 0 Å². The maximum absolute atomic E-state index is 12.5. The zero-order valence-corrected chi connectivity index (χ0v) is 17.8. The number of nitrogens with zero attached hydrogens (tertiary/aromatic N) is 3. The maximum atomic E-state index is 12.5.